The lowest BCUT2D eigenvalue weighted by Crippen LogP contribution is -2.00. The molecule has 2 heterocycles. The molecule has 0 saturated heterocycles. The molecule has 9 rings (SSSR count). The van der Waals surface area contributed by atoms with Crippen LogP contribution in [0.5, 0.6) is 0 Å². The van der Waals surface area contributed by atoms with Crippen molar-refractivity contribution in [2.45, 2.75) is 0 Å². The Hall–Kier alpha value is -7.39. The first-order chi connectivity index (χ1) is 24.7. The monoisotopic (exact) mass is 635 g/mol. The Balaban J connectivity index is 1.18. The number of fused-ring (bicyclic) bond motifs is 6. The Morgan fingerprint density at radius 1 is 0.380 bits per heavy atom. The maximum atomic E-state index is 10.0. The first-order valence-corrected chi connectivity index (χ1v) is 16.3. The molecule has 2 aromatic heterocycles. The van der Waals surface area contributed by atoms with E-state index in [1.54, 1.807) is 0 Å². The molecule has 230 valence electrons. The summed E-state index contributed by atoms with van der Waals surface area (Å²) in [6.07, 6.45) is 0. The molecular weight excluding hydrogens is 611 g/mol. The second kappa shape index (κ2) is 11.4. The van der Waals surface area contributed by atoms with Gasteiger partial charge in [0.05, 0.1) is 50.5 Å². The fraction of sp³-hybridized carbons (Fsp3) is 0. The fourth-order valence-electron chi connectivity index (χ4n) is 7.36. The van der Waals surface area contributed by atoms with Crippen molar-refractivity contribution < 1.29 is 0 Å². The van der Waals surface area contributed by atoms with Gasteiger partial charge in [-0.25, -0.2) is 0 Å². The van der Waals surface area contributed by atoms with Gasteiger partial charge < -0.3 is 9.13 Å². The number of hydrogen-bond acceptors (Lipinski definition) is 3. The Kier molecular flexibility index (Phi) is 6.56. The van der Waals surface area contributed by atoms with Gasteiger partial charge in [0.1, 0.15) is 12.1 Å². The third-order valence-electron chi connectivity index (χ3n) is 9.63. The summed E-state index contributed by atoms with van der Waals surface area (Å²) >= 11 is 0. The third-order valence-corrected chi connectivity index (χ3v) is 9.63. The molecule has 0 radical (unpaired) electrons. The van der Waals surface area contributed by atoms with Crippen LogP contribution < -0.4 is 0 Å². The molecule has 0 unspecified atom stereocenters. The van der Waals surface area contributed by atoms with Crippen molar-refractivity contribution in [3.63, 3.8) is 0 Å². The van der Waals surface area contributed by atoms with Crippen LogP contribution in [-0.2, 0) is 0 Å². The Labute approximate surface area is 287 Å². The first kappa shape index (κ1) is 28.8. The number of aromatic nitrogens is 2. The molecule has 9 aromatic rings. The van der Waals surface area contributed by atoms with Crippen LogP contribution in [0.25, 0.3) is 77.2 Å². The van der Waals surface area contributed by atoms with E-state index in [2.05, 4.69) is 112 Å². The molecule has 0 aliphatic rings. The predicted molar refractivity (Wildman–Crippen MR) is 200 cm³/mol. The smallest absolute Gasteiger partial charge is 0.101 e. The van der Waals surface area contributed by atoms with Gasteiger partial charge in [-0.15, -0.1) is 0 Å². The van der Waals surface area contributed by atoms with Crippen molar-refractivity contribution in [2.75, 3.05) is 0 Å². The standard InChI is InChI=1S/C45H25N5/c46-26-29-16-21-44-40(22-29)38-12-3-4-13-41(38)49(44)35-9-7-8-32(23-35)30-17-19-31(20-18-30)39-24-33(27-47)34(28-48)25-45(39)50-42-14-5-1-10-36(42)37-11-2-6-15-43(37)50/h1-25H. The minimum Gasteiger partial charge on any atom is -0.309 e. The van der Waals surface area contributed by atoms with Gasteiger partial charge in [0.2, 0.25) is 0 Å². The second-order valence-electron chi connectivity index (χ2n) is 12.3. The van der Waals surface area contributed by atoms with Crippen molar-refractivity contribution in [1.29, 1.82) is 15.8 Å². The summed E-state index contributed by atoms with van der Waals surface area (Å²) in [7, 11) is 0. The van der Waals surface area contributed by atoms with Crippen LogP contribution in [-0.4, -0.2) is 9.13 Å². The van der Waals surface area contributed by atoms with E-state index >= 15 is 0 Å². The largest absolute Gasteiger partial charge is 0.309 e. The Bertz CT molecular complexity index is 2900. The summed E-state index contributed by atoms with van der Waals surface area (Å²) in [5.74, 6) is 0. The molecule has 0 amide bonds. The van der Waals surface area contributed by atoms with Crippen molar-refractivity contribution in [3.05, 3.63) is 168 Å². The lowest BCUT2D eigenvalue weighted by atomic mass is 9.95. The van der Waals surface area contributed by atoms with Gasteiger partial charge in [-0.2, -0.15) is 15.8 Å². The van der Waals surface area contributed by atoms with E-state index in [1.165, 1.54) is 0 Å². The van der Waals surface area contributed by atoms with Gasteiger partial charge in [-0.1, -0.05) is 91.0 Å². The molecule has 0 saturated carbocycles. The maximum Gasteiger partial charge on any atom is 0.101 e. The molecule has 5 heteroatoms. The predicted octanol–water partition coefficient (Wildman–Crippen LogP) is 10.8. The number of rotatable bonds is 4. The van der Waals surface area contributed by atoms with E-state index in [-0.39, 0.29) is 0 Å². The number of nitrogens with zero attached hydrogens (tertiary/aromatic N) is 5. The molecule has 0 N–H and O–H groups in total. The van der Waals surface area contributed by atoms with Crippen molar-refractivity contribution in [1.82, 2.24) is 9.13 Å². The number of benzene rings is 7. The van der Waals surface area contributed by atoms with E-state index in [1.807, 2.05) is 66.7 Å². The average molecular weight is 636 g/mol. The van der Waals surface area contributed by atoms with Crippen LogP contribution in [0.3, 0.4) is 0 Å². The normalized spacial score (nSPS) is 11.1. The highest BCUT2D eigenvalue weighted by Gasteiger charge is 2.19. The zero-order valence-electron chi connectivity index (χ0n) is 26.7. The van der Waals surface area contributed by atoms with E-state index < -0.39 is 0 Å². The van der Waals surface area contributed by atoms with Gasteiger partial charge in [0.15, 0.2) is 0 Å². The average Bonchev–Trinajstić information content (AvgIpc) is 3.70. The first-order valence-electron chi connectivity index (χ1n) is 16.3. The van der Waals surface area contributed by atoms with E-state index in [0.29, 0.717) is 16.7 Å². The van der Waals surface area contributed by atoms with Gasteiger partial charge in [-0.05, 0) is 77.4 Å². The molecule has 0 aliphatic heterocycles. The van der Waals surface area contributed by atoms with Crippen molar-refractivity contribution in [2.24, 2.45) is 0 Å². The topological polar surface area (TPSA) is 81.2 Å². The molecule has 0 fully saturated rings. The lowest BCUT2D eigenvalue weighted by Gasteiger charge is -2.16. The van der Waals surface area contributed by atoms with Gasteiger partial charge in [0.25, 0.3) is 0 Å². The van der Waals surface area contributed by atoms with E-state index in [9.17, 15) is 15.8 Å². The van der Waals surface area contributed by atoms with E-state index in [0.717, 1.165) is 77.2 Å². The molecule has 0 atom stereocenters. The van der Waals surface area contributed by atoms with Crippen molar-refractivity contribution in [3.8, 4) is 51.8 Å². The van der Waals surface area contributed by atoms with Gasteiger partial charge in [-0.3, -0.25) is 0 Å². The highest BCUT2D eigenvalue weighted by molar-refractivity contribution is 6.11. The molecule has 7 aromatic carbocycles. The summed E-state index contributed by atoms with van der Waals surface area (Å²) in [4.78, 5) is 0. The summed E-state index contributed by atoms with van der Waals surface area (Å²) < 4.78 is 4.45. The third kappa shape index (κ3) is 4.38. The molecule has 0 bridgehead atoms. The minimum absolute atomic E-state index is 0.343. The second-order valence-corrected chi connectivity index (χ2v) is 12.3. The summed E-state index contributed by atoms with van der Waals surface area (Å²) in [5.41, 5.74) is 11.3. The number of para-hydroxylation sites is 3. The SMILES string of the molecule is N#Cc1ccc2c(c1)c1ccccc1n2-c1cccc(-c2ccc(-c3cc(C#N)c(C#N)cc3-n3c4ccccc4c4ccccc43)cc2)c1. The van der Waals surface area contributed by atoms with Crippen molar-refractivity contribution >= 4 is 43.6 Å². The molecule has 5 nitrogen and oxygen atoms in total. The Morgan fingerprint density at radius 3 is 1.58 bits per heavy atom. The van der Waals surface area contributed by atoms with Crippen LogP contribution >= 0.6 is 0 Å². The zero-order valence-corrected chi connectivity index (χ0v) is 26.7. The van der Waals surface area contributed by atoms with Crippen LogP contribution in [0.15, 0.2) is 152 Å². The zero-order chi connectivity index (χ0) is 33.8. The lowest BCUT2D eigenvalue weighted by molar-refractivity contribution is 1.17. The highest BCUT2D eigenvalue weighted by Crippen LogP contribution is 2.39. The number of hydrogen-bond donors (Lipinski definition) is 0. The highest BCUT2D eigenvalue weighted by atomic mass is 15.0. The molecule has 0 aliphatic carbocycles. The van der Waals surface area contributed by atoms with Gasteiger partial charge in [0, 0.05) is 32.8 Å². The van der Waals surface area contributed by atoms with E-state index in [4.69, 9.17) is 0 Å². The van der Waals surface area contributed by atoms with Crippen LogP contribution in [0.4, 0.5) is 0 Å². The van der Waals surface area contributed by atoms with Gasteiger partial charge >= 0.3 is 0 Å². The molecule has 50 heavy (non-hydrogen) atoms. The maximum absolute atomic E-state index is 10.0. The van der Waals surface area contributed by atoms with Crippen LogP contribution in [0.2, 0.25) is 0 Å². The Morgan fingerprint density at radius 2 is 0.940 bits per heavy atom. The van der Waals surface area contributed by atoms with Crippen LogP contribution in [0.1, 0.15) is 16.7 Å². The molecular formula is C45H25N5. The molecule has 0 spiro atoms. The summed E-state index contributed by atoms with van der Waals surface area (Å²) in [6.45, 7) is 0. The van der Waals surface area contributed by atoms with Crippen LogP contribution in [0, 0.1) is 34.0 Å². The summed E-state index contributed by atoms with van der Waals surface area (Å²) in [6, 6.07) is 58.1. The quantitative estimate of drug-likeness (QED) is 0.193. The number of nitriles is 3. The minimum atomic E-state index is 0.343. The fourth-order valence-corrected chi connectivity index (χ4v) is 7.36. The summed E-state index contributed by atoms with van der Waals surface area (Å²) in [5, 5.41) is 34.0.